The van der Waals surface area contributed by atoms with Crippen LogP contribution >= 0.6 is 0 Å². The van der Waals surface area contributed by atoms with Crippen LogP contribution in [0.3, 0.4) is 0 Å². The quantitative estimate of drug-likeness (QED) is 0.605. The molecular weight excluding hydrogens is 166 g/mol. The summed E-state index contributed by atoms with van der Waals surface area (Å²) in [5, 5.41) is 2.74. The van der Waals surface area contributed by atoms with E-state index in [0.717, 1.165) is 19.4 Å². The lowest BCUT2D eigenvalue weighted by atomic mass is 10.1. The maximum absolute atomic E-state index is 11.4. The highest BCUT2D eigenvalue weighted by Crippen LogP contribution is 2.07. The van der Waals surface area contributed by atoms with E-state index in [9.17, 15) is 4.79 Å². The van der Waals surface area contributed by atoms with E-state index in [1.165, 1.54) is 0 Å². The van der Waals surface area contributed by atoms with E-state index < -0.39 is 0 Å². The zero-order valence-corrected chi connectivity index (χ0v) is 7.83. The Hall–Kier alpha value is -1.03. The first-order valence-electron chi connectivity index (χ1n) is 4.63. The van der Waals surface area contributed by atoms with Gasteiger partial charge in [0.15, 0.2) is 0 Å². The molecule has 0 spiro atoms. The van der Waals surface area contributed by atoms with E-state index >= 15 is 0 Å². The number of nitrogens with one attached hydrogen (secondary N) is 1. The molecule has 4 heteroatoms. The first kappa shape index (κ1) is 10.1. The Kier molecular flexibility index (Phi) is 3.76. The molecule has 3 N–H and O–H groups in total. The van der Waals surface area contributed by atoms with Gasteiger partial charge in [-0.05, 0) is 12.8 Å². The number of likely N-dealkylation sites (tertiary alicyclic amines) is 1. The van der Waals surface area contributed by atoms with E-state index in [1.807, 2.05) is 0 Å². The number of piperidine rings is 1. The van der Waals surface area contributed by atoms with Gasteiger partial charge >= 0.3 is 6.03 Å². The predicted octanol–water partition coefficient (Wildman–Crippen LogP) is 0.305. The van der Waals surface area contributed by atoms with Crippen molar-refractivity contribution in [2.75, 3.05) is 19.6 Å². The van der Waals surface area contributed by atoms with Gasteiger partial charge in [-0.15, -0.1) is 6.58 Å². The van der Waals surface area contributed by atoms with E-state index in [4.69, 9.17) is 5.73 Å². The Morgan fingerprint density at radius 3 is 3.15 bits per heavy atom. The molecule has 0 saturated carbocycles. The third-order valence-electron chi connectivity index (χ3n) is 2.14. The maximum atomic E-state index is 11.4. The summed E-state index contributed by atoms with van der Waals surface area (Å²) in [4.78, 5) is 13.2. The SMILES string of the molecule is C=CCNC(=O)N1CCC[C@@H](N)C1. The molecular formula is C9H17N3O. The highest BCUT2D eigenvalue weighted by Gasteiger charge is 2.20. The van der Waals surface area contributed by atoms with Gasteiger partial charge < -0.3 is 16.0 Å². The fraction of sp³-hybridized carbons (Fsp3) is 0.667. The summed E-state index contributed by atoms with van der Waals surface area (Å²) in [6.45, 7) is 5.54. The molecule has 1 atom stereocenters. The van der Waals surface area contributed by atoms with E-state index in [2.05, 4.69) is 11.9 Å². The molecule has 1 heterocycles. The number of carbonyl (C=O) groups is 1. The second-order valence-corrected chi connectivity index (χ2v) is 3.32. The van der Waals surface area contributed by atoms with Crippen molar-refractivity contribution in [3.63, 3.8) is 0 Å². The van der Waals surface area contributed by atoms with Crippen LogP contribution in [-0.2, 0) is 0 Å². The average molecular weight is 183 g/mol. The smallest absolute Gasteiger partial charge is 0.317 e. The molecule has 13 heavy (non-hydrogen) atoms. The number of hydrogen-bond acceptors (Lipinski definition) is 2. The fourth-order valence-electron chi connectivity index (χ4n) is 1.47. The Morgan fingerprint density at radius 1 is 1.77 bits per heavy atom. The fourth-order valence-corrected chi connectivity index (χ4v) is 1.47. The van der Waals surface area contributed by atoms with Crippen molar-refractivity contribution >= 4 is 6.03 Å². The van der Waals surface area contributed by atoms with Gasteiger partial charge in [0.1, 0.15) is 0 Å². The van der Waals surface area contributed by atoms with Gasteiger partial charge in [-0.2, -0.15) is 0 Å². The van der Waals surface area contributed by atoms with Crippen LogP contribution < -0.4 is 11.1 Å². The lowest BCUT2D eigenvalue weighted by molar-refractivity contribution is 0.181. The monoisotopic (exact) mass is 183 g/mol. The Labute approximate surface area is 78.8 Å². The van der Waals surface area contributed by atoms with Gasteiger partial charge in [0.25, 0.3) is 0 Å². The van der Waals surface area contributed by atoms with Crippen molar-refractivity contribution < 1.29 is 4.79 Å². The van der Waals surface area contributed by atoms with Gasteiger partial charge in [0.2, 0.25) is 0 Å². The van der Waals surface area contributed by atoms with Crippen molar-refractivity contribution in [2.24, 2.45) is 5.73 Å². The highest BCUT2D eigenvalue weighted by atomic mass is 16.2. The molecule has 2 amide bonds. The summed E-state index contributed by atoms with van der Waals surface area (Å²) in [7, 11) is 0. The first-order valence-corrected chi connectivity index (χ1v) is 4.63. The molecule has 1 aliphatic heterocycles. The molecule has 4 nitrogen and oxygen atoms in total. The molecule has 1 saturated heterocycles. The number of nitrogens with zero attached hydrogens (tertiary/aromatic N) is 1. The minimum Gasteiger partial charge on any atom is -0.335 e. The molecule has 0 bridgehead atoms. The predicted molar refractivity (Wildman–Crippen MR) is 52.4 cm³/mol. The second kappa shape index (κ2) is 4.87. The summed E-state index contributed by atoms with van der Waals surface area (Å²) in [6, 6.07) is 0.110. The van der Waals surface area contributed by atoms with Crippen LogP contribution in [0.25, 0.3) is 0 Å². The molecule has 1 fully saturated rings. The summed E-state index contributed by atoms with van der Waals surface area (Å²) < 4.78 is 0. The second-order valence-electron chi connectivity index (χ2n) is 3.32. The molecule has 0 unspecified atom stereocenters. The first-order chi connectivity index (χ1) is 6.24. The van der Waals surface area contributed by atoms with E-state index in [1.54, 1.807) is 11.0 Å². The lowest BCUT2D eigenvalue weighted by Gasteiger charge is -2.30. The number of carbonyl (C=O) groups excluding carboxylic acids is 1. The zero-order valence-electron chi connectivity index (χ0n) is 7.83. The molecule has 1 aliphatic rings. The third kappa shape index (κ3) is 3.06. The third-order valence-corrected chi connectivity index (χ3v) is 2.14. The van der Waals surface area contributed by atoms with Gasteiger partial charge in [-0.3, -0.25) is 0 Å². The molecule has 0 aromatic rings. The van der Waals surface area contributed by atoms with Crippen LogP contribution in [0.1, 0.15) is 12.8 Å². The van der Waals surface area contributed by atoms with Crippen molar-refractivity contribution in [1.82, 2.24) is 10.2 Å². The number of hydrogen-bond donors (Lipinski definition) is 2. The maximum Gasteiger partial charge on any atom is 0.317 e. The van der Waals surface area contributed by atoms with Crippen molar-refractivity contribution in [3.05, 3.63) is 12.7 Å². The molecule has 0 aliphatic carbocycles. The van der Waals surface area contributed by atoms with E-state index in [0.29, 0.717) is 13.1 Å². The van der Waals surface area contributed by atoms with Crippen molar-refractivity contribution in [3.8, 4) is 0 Å². The average Bonchev–Trinajstić information content (AvgIpc) is 2.14. The lowest BCUT2D eigenvalue weighted by Crippen LogP contribution is -2.49. The van der Waals surface area contributed by atoms with Crippen LogP contribution in [-0.4, -0.2) is 36.6 Å². The molecule has 0 radical (unpaired) electrons. The Morgan fingerprint density at radius 2 is 2.54 bits per heavy atom. The summed E-state index contributed by atoms with van der Waals surface area (Å²) in [5.41, 5.74) is 5.75. The van der Waals surface area contributed by atoms with E-state index in [-0.39, 0.29) is 12.1 Å². The van der Waals surface area contributed by atoms with Crippen LogP contribution in [0.4, 0.5) is 4.79 Å². The minimum atomic E-state index is -0.0324. The zero-order chi connectivity index (χ0) is 9.68. The van der Waals surface area contributed by atoms with Gasteiger partial charge in [0.05, 0.1) is 0 Å². The molecule has 0 aromatic heterocycles. The largest absolute Gasteiger partial charge is 0.335 e. The van der Waals surface area contributed by atoms with Crippen LogP contribution in [0, 0.1) is 0 Å². The summed E-state index contributed by atoms with van der Waals surface area (Å²) in [5.74, 6) is 0. The van der Waals surface area contributed by atoms with Crippen LogP contribution in [0.5, 0.6) is 0 Å². The van der Waals surface area contributed by atoms with Gasteiger partial charge in [-0.25, -0.2) is 4.79 Å². The molecule has 0 aromatic carbocycles. The Balaban J connectivity index is 2.32. The normalized spacial score (nSPS) is 22.5. The topological polar surface area (TPSA) is 58.4 Å². The number of amides is 2. The Bertz CT molecular complexity index is 193. The minimum absolute atomic E-state index is 0.0324. The van der Waals surface area contributed by atoms with Crippen LogP contribution in [0.2, 0.25) is 0 Å². The number of nitrogens with two attached hydrogens (primary N) is 1. The highest BCUT2D eigenvalue weighted by molar-refractivity contribution is 5.74. The van der Waals surface area contributed by atoms with Gasteiger partial charge in [0, 0.05) is 25.7 Å². The number of urea groups is 1. The molecule has 74 valence electrons. The summed E-state index contributed by atoms with van der Waals surface area (Å²) in [6.07, 6.45) is 3.69. The standard InChI is InChI=1S/C9H17N3O/c1-2-5-11-9(13)12-6-3-4-8(10)7-12/h2,8H,1,3-7,10H2,(H,11,13)/t8-/m1/s1. The summed E-state index contributed by atoms with van der Waals surface area (Å²) >= 11 is 0. The van der Waals surface area contributed by atoms with Crippen molar-refractivity contribution in [2.45, 2.75) is 18.9 Å². The van der Waals surface area contributed by atoms with Gasteiger partial charge in [-0.1, -0.05) is 6.08 Å². The van der Waals surface area contributed by atoms with Crippen molar-refractivity contribution in [1.29, 1.82) is 0 Å². The number of rotatable bonds is 2. The molecule has 1 rings (SSSR count). The van der Waals surface area contributed by atoms with Crippen LogP contribution in [0.15, 0.2) is 12.7 Å².